The summed E-state index contributed by atoms with van der Waals surface area (Å²) in [4.78, 5) is 0. The van der Waals surface area contributed by atoms with Crippen LogP contribution >= 0.6 is 11.3 Å². The van der Waals surface area contributed by atoms with Gasteiger partial charge in [-0.25, -0.2) is 0 Å². The average molecular weight is 317 g/mol. The molecule has 2 aromatic rings. The van der Waals surface area contributed by atoms with Crippen molar-refractivity contribution in [2.75, 3.05) is 5.32 Å². The molecular formula is C12H14F3N5S. The lowest BCUT2D eigenvalue weighted by Crippen LogP contribution is -2.34. The Labute approximate surface area is 123 Å². The normalized spacial score (nSPS) is 23.2. The second-order valence-corrected chi connectivity index (χ2v) is 5.98. The van der Waals surface area contributed by atoms with Crippen molar-refractivity contribution < 1.29 is 13.2 Å². The molecule has 1 aliphatic carbocycles. The van der Waals surface area contributed by atoms with Crippen molar-refractivity contribution in [1.82, 2.24) is 20.0 Å². The van der Waals surface area contributed by atoms with Gasteiger partial charge in [-0.05, 0) is 18.9 Å². The molecule has 2 heterocycles. The van der Waals surface area contributed by atoms with Crippen molar-refractivity contribution >= 4 is 16.5 Å². The topological polar surface area (TPSA) is 55.6 Å². The van der Waals surface area contributed by atoms with E-state index in [4.69, 9.17) is 0 Å². The predicted molar refractivity (Wildman–Crippen MR) is 72.1 cm³/mol. The fourth-order valence-electron chi connectivity index (χ4n) is 2.63. The molecule has 1 N–H and O–H groups in total. The van der Waals surface area contributed by atoms with E-state index < -0.39 is 11.2 Å². The van der Waals surface area contributed by atoms with Gasteiger partial charge in [0.25, 0.3) is 0 Å². The van der Waals surface area contributed by atoms with Gasteiger partial charge in [-0.1, -0.05) is 24.2 Å². The predicted octanol–water partition coefficient (Wildman–Crippen LogP) is 3.35. The van der Waals surface area contributed by atoms with Gasteiger partial charge in [-0.15, -0.1) is 10.2 Å². The van der Waals surface area contributed by atoms with Crippen molar-refractivity contribution in [3.8, 4) is 0 Å². The Morgan fingerprint density at radius 3 is 2.71 bits per heavy atom. The summed E-state index contributed by atoms with van der Waals surface area (Å²) in [6.07, 6.45) is 3.11. The van der Waals surface area contributed by atoms with Crippen LogP contribution in [-0.4, -0.2) is 26.0 Å². The van der Waals surface area contributed by atoms with Crippen molar-refractivity contribution in [1.29, 1.82) is 0 Å². The molecule has 9 heteroatoms. The van der Waals surface area contributed by atoms with Crippen molar-refractivity contribution in [3.63, 3.8) is 0 Å². The van der Waals surface area contributed by atoms with Crippen LogP contribution in [0, 0.1) is 0 Å². The first-order chi connectivity index (χ1) is 10.0. The molecule has 0 bridgehead atoms. The molecule has 0 spiro atoms. The van der Waals surface area contributed by atoms with Crippen LogP contribution in [0.4, 0.5) is 18.3 Å². The summed E-state index contributed by atoms with van der Waals surface area (Å²) in [7, 11) is 0. The number of hydrogen-bond donors (Lipinski definition) is 1. The van der Waals surface area contributed by atoms with E-state index in [1.165, 1.54) is 0 Å². The summed E-state index contributed by atoms with van der Waals surface area (Å²) in [6.45, 7) is 0. The fraction of sp³-hybridized carbons (Fsp3) is 0.583. The summed E-state index contributed by atoms with van der Waals surface area (Å²) >= 11 is 0.545. The van der Waals surface area contributed by atoms with E-state index in [2.05, 4.69) is 20.6 Å². The molecule has 5 nitrogen and oxygen atoms in total. The van der Waals surface area contributed by atoms with Gasteiger partial charge >= 0.3 is 6.18 Å². The first-order valence-electron chi connectivity index (χ1n) is 6.70. The van der Waals surface area contributed by atoms with E-state index in [0.29, 0.717) is 11.3 Å². The molecule has 0 amide bonds. The number of hydrogen-bond acceptors (Lipinski definition) is 5. The monoisotopic (exact) mass is 317 g/mol. The van der Waals surface area contributed by atoms with Crippen LogP contribution in [-0.2, 0) is 6.18 Å². The Balaban J connectivity index is 1.74. The van der Waals surface area contributed by atoms with Gasteiger partial charge in [0.2, 0.25) is 10.1 Å². The fourth-order valence-corrected chi connectivity index (χ4v) is 3.30. The number of halogens is 3. The first-order valence-corrected chi connectivity index (χ1v) is 7.52. The molecular weight excluding hydrogens is 303 g/mol. The summed E-state index contributed by atoms with van der Waals surface area (Å²) in [6, 6.07) is 2.00. The van der Waals surface area contributed by atoms with Crippen LogP contribution in [0.15, 0.2) is 18.5 Å². The Morgan fingerprint density at radius 2 is 2.05 bits per heavy atom. The third-order valence-corrected chi connectivity index (χ3v) is 4.47. The van der Waals surface area contributed by atoms with Gasteiger partial charge in [0.15, 0.2) is 0 Å². The van der Waals surface area contributed by atoms with E-state index >= 15 is 0 Å². The maximum absolute atomic E-state index is 12.5. The molecule has 2 unspecified atom stereocenters. The zero-order valence-electron chi connectivity index (χ0n) is 11.0. The lowest BCUT2D eigenvalue weighted by Gasteiger charge is -2.32. The summed E-state index contributed by atoms with van der Waals surface area (Å²) in [5.41, 5.74) is 0. The lowest BCUT2D eigenvalue weighted by molar-refractivity contribution is -0.138. The molecule has 0 aromatic carbocycles. The molecule has 0 aliphatic heterocycles. The quantitative estimate of drug-likeness (QED) is 0.943. The van der Waals surface area contributed by atoms with Crippen LogP contribution in [0.25, 0.3) is 0 Å². The Bertz CT molecular complexity index is 580. The number of rotatable bonds is 3. The first kappa shape index (κ1) is 14.3. The highest BCUT2D eigenvalue weighted by atomic mass is 32.1. The molecule has 1 saturated carbocycles. The van der Waals surface area contributed by atoms with Gasteiger partial charge in [-0.2, -0.15) is 18.3 Å². The van der Waals surface area contributed by atoms with Crippen LogP contribution in [0.3, 0.4) is 0 Å². The largest absolute Gasteiger partial charge is 0.445 e. The van der Waals surface area contributed by atoms with E-state index in [0.717, 1.165) is 25.7 Å². The molecule has 2 atom stereocenters. The molecule has 114 valence electrons. The summed E-state index contributed by atoms with van der Waals surface area (Å²) in [5.74, 6) is 0. The molecule has 1 fully saturated rings. The molecule has 0 saturated heterocycles. The Kier molecular flexibility index (Phi) is 3.83. The molecule has 0 radical (unpaired) electrons. The highest BCUT2D eigenvalue weighted by molar-refractivity contribution is 7.15. The van der Waals surface area contributed by atoms with E-state index in [1.807, 2.05) is 16.9 Å². The summed E-state index contributed by atoms with van der Waals surface area (Å²) < 4.78 is 39.5. The minimum absolute atomic E-state index is 0.0210. The number of anilines is 1. The van der Waals surface area contributed by atoms with Crippen LogP contribution in [0.5, 0.6) is 0 Å². The minimum Gasteiger partial charge on any atom is -0.355 e. The maximum Gasteiger partial charge on any atom is 0.445 e. The summed E-state index contributed by atoms with van der Waals surface area (Å²) in [5, 5.41) is 13.4. The lowest BCUT2D eigenvalue weighted by atomic mass is 9.90. The highest BCUT2D eigenvalue weighted by Crippen LogP contribution is 2.35. The van der Waals surface area contributed by atoms with Crippen molar-refractivity contribution in [2.24, 2.45) is 0 Å². The minimum atomic E-state index is -4.44. The second kappa shape index (κ2) is 5.63. The highest BCUT2D eigenvalue weighted by Gasteiger charge is 2.36. The standard InChI is InChI=1S/C12H14F3N5S/c13-12(14,15)10-18-19-11(21-10)17-8-4-1-2-5-9(8)20-7-3-6-16-20/h3,6-9H,1-2,4-5H2,(H,17,19). The zero-order chi connectivity index (χ0) is 14.9. The smallest absolute Gasteiger partial charge is 0.355 e. The SMILES string of the molecule is FC(F)(F)c1nnc(NC2CCCCC2n2cccn2)s1. The van der Waals surface area contributed by atoms with Gasteiger partial charge in [0.05, 0.1) is 12.1 Å². The van der Waals surface area contributed by atoms with Gasteiger partial charge in [-0.3, -0.25) is 4.68 Å². The molecule has 2 aromatic heterocycles. The number of nitrogens with zero attached hydrogens (tertiary/aromatic N) is 4. The second-order valence-electron chi connectivity index (χ2n) is 5.00. The number of nitrogens with one attached hydrogen (secondary N) is 1. The van der Waals surface area contributed by atoms with Crippen molar-refractivity contribution in [3.05, 3.63) is 23.5 Å². The third-order valence-electron chi connectivity index (χ3n) is 3.57. The Morgan fingerprint density at radius 1 is 1.24 bits per heavy atom. The van der Waals surface area contributed by atoms with Gasteiger partial charge < -0.3 is 5.32 Å². The van der Waals surface area contributed by atoms with E-state index in [9.17, 15) is 13.2 Å². The zero-order valence-corrected chi connectivity index (χ0v) is 11.9. The van der Waals surface area contributed by atoms with Crippen LogP contribution < -0.4 is 5.32 Å². The molecule has 21 heavy (non-hydrogen) atoms. The third kappa shape index (κ3) is 3.17. The maximum atomic E-state index is 12.5. The molecule has 3 rings (SSSR count). The van der Waals surface area contributed by atoms with Gasteiger partial charge in [0, 0.05) is 12.4 Å². The molecule has 1 aliphatic rings. The van der Waals surface area contributed by atoms with Crippen molar-refractivity contribution in [2.45, 2.75) is 43.9 Å². The van der Waals surface area contributed by atoms with Gasteiger partial charge in [0.1, 0.15) is 0 Å². The average Bonchev–Trinajstić information content (AvgIpc) is 3.09. The van der Waals surface area contributed by atoms with E-state index in [1.54, 1.807) is 6.20 Å². The number of alkyl halides is 3. The van der Waals surface area contributed by atoms with Crippen LogP contribution in [0.1, 0.15) is 36.7 Å². The number of aromatic nitrogens is 4. The Hall–Kier alpha value is -1.64. The van der Waals surface area contributed by atoms with E-state index in [-0.39, 0.29) is 17.2 Å². The van der Waals surface area contributed by atoms with Crippen LogP contribution in [0.2, 0.25) is 0 Å².